The Morgan fingerprint density at radius 2 is 1.72 bits per heavy atom. The van der Waals surface area contributed by atoms with Crippen LogP contribution in [0.25, 0.3) is 0 Å². The summed E-state index contributed by atoms with van der Waals surface area (Å²) in [4.78, 5) is 11.2. The zero-order valence-corrected chi connectivity index (χ0v) is 10.4. The Bertz CT molecular complexity index is 488. The minimum Gasteiger partial charge on any atom is -0.497 e. The van der Waals surface area contributed by atoms with Gasteiger partial charge in [0.2, 0.25) is 0 Å². The van der Waals surface area contributed by atoms with Crippen molar-refractivity contribution in [3.05, 3.63) is 65.7 Å². The van der Waals surface area contributed by atoms with Crippen LogP contribution in [0.4, 0.5) is 0 Å². The summed E-state index contributed by atoms with van der Waals surface area (Å²) in [7, 11) is 1.65. The molecule has 1 atom stereocenters. The Labute approximate surface area is 107 Å². The molecule has 0 spiro atoms. The molecule has 2 rings (SSSR count). The van der Waals surface area contributed by atoms with Crippen LogP contribution in [0.2, 0.25) is 0 Å². The van der Waals surface area contributed by atoms with Gasteiger partial charge in [-0.25, -0.2) is 0 Å². The van der Waals surface area contributed by atoms with Gasteiger partial charge >= 0.3 is 0 Å². The molecule has 0 aliphatic rings. The van der Waals surface area contributed by atoms with Crippen LogP contribution in [0.15, 0.2) is 54.6 Å². The molecule has 0 saturated heterocycles. The van der Waals surface area contributed by atoms with Crippen molar-refractivity contribution in [2.75, 3.05) is 7.11 Å². The van der Waals surface area contributed by atoms with Gasteiger partial charge in [0.15, 0.2) is 0 Å². The third kappa shape index (κ3) is 2.98. The molecule has 0 amide bonds. The molecule has 0 aliphatic heterocycles. The Morgan fingerprint density at radius 3 is 2.28 bits per heavy atom. The lowest BCUT2D eigenvalue weighted by atomic mass is 9.93. The van der Waals surface area contributed by atoms with Gasteiger partial charge < -0.3 is 9.53 Å². The summed E-state index contributed by atoms with van der Waals surface area (Å²) < 4.78 is 5.12. The predicted molar refractivity (Wildman–Crippen MR) is 71.9 cm³/mol. The topological polar surface area (TPSA) is 26.3 Å². The molecule has 18 heavy (non-hydrogen) atoms. The first-order valence-corrected chi connectivity index (χ1v) is 5.96. The van der Waals surface area contributed by atoms with Crippen LogP contribution in [0.3, 0.4) is 0 Å². The lowest BCUT2D eigenvalue weighted by Gasteiger charge is -2.11. The fourth-order valence-corrected chi connectivity index (χ4v) is 1.96. The van der Waals surface area contributed by atoms with E-state index in [0.29, 0.717) is 0 Å². The van der Waals surface area contributed by atoms with Gasteiger partial charge in [0.25, 0.3) is 0 Å². The van der Waals surface area contributed by atoms with E-state index in [9.17, 15) is 4.79 Å². The van der Waals surface area contributed by atoms with Gasteiger partial charge in [0.05, 0.1) is 7.11 Å². The average Bonchev–Trinajstić information content (AvgIpc) is 2.46. The Hall–Kier alpha value is -2.09. The highest BCUT2D eigenvalue weighted by molar-refractivity contribution is 5.62. The Kier molecular flexibility index (Phi) is 4.13. The van der Waals surface area contributed by atoms with Crippen molar-refractivity contribution in [2.45, 2.75) is 12.3 Å². The van der Waals surface area contributed by atoms with E-state index in [-0.39, 0.29) is 5.92 Å². The maximum atomic E-state index is 11.2. The van der Waals surface area contributed by atoms with Gasteiger partial charge in [-0.2, -0.15) is 0 Å². The highest BCUT2D eigenvalue weighted by atomic mass is 16.5. The smallest absolute Gasteiger partial charge is 0.127 e. The van der Waals surface area contributed by atoms with Gasteiger partial charge in [-0.05, 0) is 29.7 Å². The molecule has 2 aromatic rings. The molecule has 2 heteroatoms. The molecule has 2 aromatic carbocycles. The number of benzene rings is 2. The largest absolute Gasteiger partial charge is 0.497 e. The van der Waals surface area contributed by atoms with Gasteiger partial charge in [0, 0.05) is 5.92 Å². The molecular weight excluding hydrogens is 224 g/mol. The molecular formula is C16H16O2. The van der Waals surface area contributed by atoms with E-state index in [1.807, 2.05) is 54.6 Å². The predicted octanol–water partition coefficient (Wildman–Crippen LogP) is 3.22. The van der Waals surface area contributed by atoms with Crippen molar-refractivity contribution in [3.8, 4) is 5.75 Å². The van der Waals surface area contributed by atoms with Crippen LogP contribution in [-0.2, 0) is 11.2 Å². The van der Waals surface area contributed by atoms with Crippen LogP contribution in [0, 0.1) is 0 Å². The summed E-state index contributed by atoms with van der Waals surface area (Å²) in [5.74, 6) is 0.751. The normalized spacial score (nSPS) is 11.8. The van der Waals surface area contributed by atoms with E-state index in [2.05, 4.69) is 0 Å². The van der Waals surface area contributed by atoms with Crippen LogP contribution in [-0.4, -0.2) is 13.4 Å². The molecule has 0 aliphatic carbocycles. The van der Waals surface area contributed by atoms with Crippen molar-refractivity contribution in [1.82, 2.24) is 0 Å². The number of ether oxygens (including phenoxy) is 1. The van der Waals surface area contributed by atoms with Crippen LogP contribution in [0.1, 0.15) is 17.0 Å². The van der Waals surface area contributed by atoms with Crippen molar-refractivity contribution in [1.29, 1.82) is 0 Å². The first-order valence-electron chi connectivity index (χ1n) is 5.96. The van der Waals surface area contributed by atoms with E-state index in [4.69, 9.17) is 4.74 Å². The number of carbonyl (C=O) groups excluding carboxylic acids is 1. The third-order valence-electron chi connectivity index (χ3n) is 3.01. The molecule has 0 aromatic heterocycles. The van der Waals surface area contributed by atoms with Crippen molar-refractivity contribution < 1.29 is 9.53 Å². The Balaban J connectivity index is 2.13. The molecule has 0 heterocycles. The van der Waals surface area contributed by atoms with Crippen LogP contribution < -0.4 is 4.74 Å². The third-order valence-corrected chi connectivity index (χ3v) is 3.01. The summed E-state index contributed by atoms with van der Waals surface area (Å²) in [6.45, 7) is 0. The van der Waals surface area contributed by atoms with E-state index >= 15 is 0 Å². The standard InChI is InChI=1S/C16H16O2/c1-18-16-9-7-13(8-10-16)11-15(12-17)14-5-3-2-4-6-14/h2-10,12,15H,11H2,1H3. The number of rotatable bonds is 5. The summed E-state index contributed by atoms with van der Waals surface area (Å²) >= 11 is 0. The molecule has 0 N–H and O–H groups in total. The lowest BCUT2D eigenvalue weighted by molar-refractivity contribution is -0.109. The highest BCUT2D eigenvalue weighted by Crippen LogP contribution is 2.20. The SMILES string of the molecule is COc1ccc(CC(C=O)c2ccccc2)cc1. The lowest BCUT2D eigenvalue weighted by Crippen LogP contribution is -2.04. The maximum absolute atomic E-state index is 11.2. The summed E-state index contributed by atoms with van der Waals surface area (Å²) in [5.41, 5.74) is 2.19. The van der Waals surface area contributed by atoms with E-state index in [1.54, 1.807) is 7.11 Å². The van der Waals surface area contributed by atoms with Crippen molar-refractivity contribution in [3.63, 3.8) is 0 Å². The number of carbonyl (C=O) groups is 1. The molecule has 2 nitrogen and oxygen atoms in total. The molecule has 0 bridgehead atoms. The maximum Gasteiger partial charge on any atom is 0.127 e. The quantitative estimate of drug-likeness (QED) is 0.750. The molecule has 0 fully saturated rings. The second kappa shape index (κ2) is 6.01. The monoisotopic (exact) mass is 240 g/mol. The number of hydrogen-bond acceptors (Lipinski definition) is 2. The highest BCUT2D eigenvalue weighted by Gasteiger charge is 2.10. The number of aldehydes is 1. The van der Waals surface area contributed by atoms with Crippen LogP contribution >= 0.6 is 0 Å². The van der Waals surface area contributed by atoms with Crippen molar-refractivity contribution in [2.24, 2.45) is 0 Å². The van der Waals surface area contributed by atoms with Gasteiger partial charge in [-0.3, -0.25) is 0 Å². The van der Waals surface area contributed by atoms with E-state index < -0.39 is 0 Å². The first kappa shape index (κ1) is 12.4. The molecule has 0 saturated carbocycles. The average molecular weight is 240 g/mol. The first-order chi connectivity index (χ1) is 8.83. The van der Waals surface area contributed by atoms with Gasteiger partial charge in [0.1, 0.15) is 12.0 Å². The van der Waals surface area contributed by atoms with Crippen LogP contribution in [0.5, 0.6) is 5.75 Å². The fourth-order valence-electron chi connectivity index (χ4n) is 1.96. The fraction of sp³-hybridized carbons (Fsp3) is 0.188. The van der Waals surface area contributed by atoms with Crippen molar-refractivity contribution >= 4 is 6.29 Å². The summed E-state index contributed by atoms with van der Waals surface area (Å²) in [5, 5.41) is 0. The van der Waals surface area contributed by atoms with E-state index in [1.165, 1.54) is 0 Å². The zero-order chi connectivity index (χ0) is 12.8. The summed E-state index contributed by atoms with van der Waals surface area (Å²) in [6, 6.07) is 17.7. The number of methoxy groups -OCH3 is 1. The number of hydrogen-bond donors (Lipinski definition) is 0. The van der Waals surface area contributed by atoms with Gasteiger partial charge in [-0.1, -0.05) is 42.5 Å². The minimum absolute atomic E-state index is 0.0837. The Morgan fingerprint density at radius 1 is 1.06 bits per heavy atom. The minimum atomic E-state index is -0.0837. The molecule has 1 unspecified atom stereocenters. The van der Waals surface area contributed by atoms with E-state index in [0.717, 1.165) is 29.6 Å². The molecule has 92 valence electrons. The second-order valence-electron chi connectivity index (χ2n) is 4.21. The summed E-state index contributed by atoms with van der Waals surface area (Å²) in [6.07, 6.45) is 1.73. The second-order valence-corrected chi connectivity index (χ2v) is 4.21. The zero-order valence-electron chi connectivity index (χ0n) is 10.4. The van der Waals surface area contributed by atoms with Gasteiger partial charge in [-0.15, -0.1) is 0 Å². The molecule has 0 radical (unpaired) electrons.